The summed E-state index contributed by atoms with van der Waals surface area (Å²) in [6.07, 6.45) is 1.48. The van der Waals surface area contributed by atoms with Gasteiger partial charge in [-0.25, -0.2) is 0 Å². The number of hydrogen-bond acceptors (Lipinski definition) is 3. The van der Waals surface area contributed by atoms with Gasteiger partial charge in [0, 0.05) is 38.6 Å². The first-order valence-electron chi connectivity index (χ1n) is 9.24. The molecule has 1 amide bonds. The summed E-state index contributed by atoms with van der Waals surface area (Å²) in [4.78, 5) is 17.1. The summed E-state index contributed by atoms with van der Waals surface area (Å²) in [5.74, 6) is 0.231. The van der Waals surface area contributed by atoms with Crippen LogP contribution in [-0.4, -0.2) is 34.8 Å². The highest BCUT2D eigenvalue weighted by atomic mass is 16.2. The van der Waals surface area contributed by atoms with Gasteiger partial charge < -0.3 is 4.90 Å². The maximum Gasteiger partial charge on any atom is 0.224 e. The van der Waals surface area contributed by atoms with E-state index in [1.165, 1.54) is 5.56 Å². The van der Waals surface area contributed by atoms with E-state index in [1.54, 1.807) is 0 Å². The Hall–Kier alpha value is -2.64. The van der Waals surface area contributed by atoms with Crippen LogP contribution in [0.3, 0.4) is 0 Å². The molecule has 4 heteroatoms. The van der Waals surface area contributed by atoms with E-state index in [0.717, 1.165) is 31.6 Å². The second-order valence-corrected chi connectivity index (χ2v) is 6.87. The maximum absolute atomic E-state index is 12.7. The lowest BCUT2D eigenvalue weighted by Crippen LogP contribution is -2.42. The van der Waals surface area contributed by atoms with Crippen LogP contribution in [0.1, 0.15) is 36.5 Å². The Morgan fingerprint density at radius 1 is 1.08 bits per heavy atom. The summed E-state index contributed by atoms with van der Waals surface area (Å²) >= 11 is 0. The van der Waals surface area contributed by atoms with Gasteiger partial charge in [0.1, 0.15) is 0 Å². The Labute approximate surface area is 155 Å². The first-order chi connectivity index (χ1) is 12.7. The summed E-state index contributed by atoms with van der Waals surface area (Å²) in [6.45, 7) is 5.23. The van der Waals surface area contributed by atoms with Gasteiger partial charge >= 0.3 is 0 Å². The van der Waals surface area contributed by atoms with Crippen molar-refractivity contribution >= 4 is 5.91 Å². The van der Waals surface area contributed by atoms with Gasteiger partial charge in [0.2, 0.25) is 5.91 Å². The predicted octanol–water partition coefficient (Wildman–Crippen LogP) is 3.57. The summed E-state index contributed by atoms with van der Waals surface area (Å²) < 4.78 is 0. The second kappa shape index (κ2) is 8.64. The average Bonchev–Trinajstić information content (AvgIpc) is 2.82. The van der Waals surface area contributed by atoms with Crippen LogP contribution >= 0.6 is 0 Å². The maximum atomic E-state index is 12.7. The van der Waals surface area contributed by atoms with Crippen LogP contribution < -0.4 is 0 Å². The van der Waals surface area contributed by atoms with Gasteiger partial charge in [0.25, 0.3) is 0 Å². The summed E-state index contributed by atoms with van der Waals surface area (Å²) in [5, 5.41) is 9.09. The Kier molecular flexibility index (Phi) is 6.04. The molecule has 134 valence electrons. The molecular formula is C22H25N3O. The minimum atomic E-state index is 0.212. The zero-order chi connectivity index (χ0) is 18.4. The molecule has 0 bridgehead atoms. The molecule has 3 rings (SSSR count). The fraction of sp³-hybridized carbons (Fsp3) is 0.364. The number of rotatable bonds is 5. The van der Waals surface area contributed by atoms with Crippen molar-refractivity contribution in [3.63, 3.8) is 0 Å². The number of hydrogen-bond donors (Lipinski definition) is 0. The van der Waals surface area contributed by atoms with Crippen LogP contribution in [0.15, 0.2) is 54.6 Å². The smallest absolute Gasteiger partial charge is 0.224 e. The molecule has 4 nitrogen and oxygen atoms in total. The van der Waals surface area contributed by atoms with Crippen LogP contribution in [0.4, 0.5) is 0 Å². The number of benzene rings is 2. The molecule has 0 saturated carbocycles. The molecule has 0 spiro atoms. The zero-order valence-corrected chi connectivity index (χ0v) is 15.3. The average molecular weight is 347 g/mol. The van der Waals surface area contributed by atoms with E-state index < -0.39 is 0 Å². The lowest BCUT2D eigenvalue weighted by molar-refractivity contribution is -0.133. The third kappa shape index (κ3) is 4.50. The van der Waals surface area contributed by atoms with Crippen molar-refractivity contribution in [2.45, 2.75) is 38.9 Å². The number of carbonyl (C=O) groups is 1. The van der Waals surface area contributed by atoms with E-state index in [1.807, 2.05) is 41.3 Å². The van der Waals surface area contributed by atoms with Crippen LogP contribution in [0.2, 0.25) is 0 Å². The molecular weight excluding hydrogens is 322 g/mol. The Morgan fingerprint density at radius 2 is 1.85 bits per heavy atom. The van der Waals surface area contributed by atoms with Crippen LogP contribution in [0.25, 0.3) is 0 Å². The lowest BCUT2D eigenvalue weighted by atomic mass is 10.1. The Morgan fingerprint density at radius 3 is 2.58 bits per heavy atom. The fourth-order valence-electron chi connectivity index (χ4n) is 3.58. The molecule has 1 fully saturated rings. The molecule has 0 N–H and O–H groups in total. The summed E-state index contributed by atoms with van der Waals surface area (Å²) in [5.41, 5.74) is 2.99. The number of nitriles is 1. The van der Waals surface area contributed by atoms with E-state index >= 15 is 0 Å². The first-order valence-corrected chi connectivity index (χ1v) is 9.24. The first kappa shape index (κ1) is 18.2. The second-order valence-electron chi connectivity index (χ2n) is 6.87. The fourth-order valence-corrected chi connectivity index (χ4v) is 3.58. The highest BCUT2D eigenvalue weighted by molar-refractivity contribution is 5.77. The molecule has 26 heavy (non-hydrogen) atoms. The molecule has 0 aromatic heterocycles. The van der Waals surface area contributed by atoms with Crippen LogP contribution in [-0.2, 0) is 17.9 Å². The van der Waals surface area contributed by atoms with Gasteiger partial charge in [-0.15, -0.1) is 0 Å². The van der Waals surface area contributed by atoms with Crippen molar-refractivity contribution in [1.29, 1.82) is 5.26 Å². The van der Waals surface area contributed by atoms with E-state index in [-0.39, 0.29) is 11.9 Å². The van der Waals surface area contributed by atoms with Crippen molar-refractivity contribution in [1.82, 2.24) is 9.80 Å². The standard InChI is InChI=1S/C22H25N3O/c1-2-21-17-24(15-20-10-6-9-19(13-20)14-23)12-11-22(26)25(21)16-18-7-4-3-5-8-18/h3-10,13,21H,2,11-12,15-17H2,1H3. The van der Waals surface area contributed by atoms with Crippen LogP contribution in [0.5, 0.6) is 0 Å². The third-order valence-corrected chi connectivity index (χ3v) is 5.00. The minimum absolute atomic E-state index is 0.212. The molecule has 1 atom stereocenters. The molecule has 1 heterocycles. The Balaban J connectivity index is 1.72. The molecule has 2 aromatic carbocycles. The molecule has 1 aliphatic rings. The van der Waals surface area contributed by atoms with Gasteiger partial charge in [-0.1, -0.05) is 49.4 Å². The molecule has 1 unspecified atom stereocenters. The SMILES string of the molecule is CCC1CN(Cc2cccc(C#N)c2)CCC(=O)N1Cc1ccccc1. The zero-order valence-electron chi connectivity index (χ0n) is 15.3. The molecule has 1 aliphatic heterocycles. The van der Waals surface area contributed by atoms with Crippen molar-refractivity contribution in [3.05, 3.63) is 71.3 Å². The lowest BCUT2D eigenvalue weighted by Gasteiger charge is -2.31. The van der Waals surface area contributed by atoms with E-state index in [0.29, 0.717) is 18.5 Å². The highest BCUT2D eigenvalue weighted by Crippen LogP contribution is 2.19. The highest BCUT2D eigenvalue weighted by Gasteiger charge is 2.28. The van der Waals surface area contributed by atoms with Gasteiger partial charge in [-0.05, 0) is 29.7 Å². The van der Waals surface area contributed by atoms with Crippen molar-refractivity contribution in [3.8, 4) is 6.07 Å². The van der Waals surface area contributed by atoms with Crippen molar-refractivity contribution < 1.29 is 4.79 Å². The quantitative estimate of drug-likeness (QED) is 0.831. The van der Waals surface area contributed by atoms with E-state index in [2.05, 4.69) is 36.1 Å². The minimum Gasteiger partial charge on any atom is -0.334 e. The topological polar surface area (TPSA) is 47.3 Å². The molecule has 2 aromatic rings. The third-order valence-electron chi connectivity index (χ3n) is 5.00. The molecule has 0 radical (unpaired) electrons. The number of carbonyl (C=O) groups excluding carboxylic acids is 1. The number of amides is 1. The predicted molar refractivity (Wildman–Crippen MR) is 102 cm³/mol. The summed E-state index contributed by atoms with van der Waals surface area (Å²) in [7, 11) is 0. The van der Waals surface area contributed by atoms with Gasteiger partial charge in [0.15, 0.2) is 0 Å². The van der Waals surface area contributed by atoms with E-state index in [9.17, 15) is 4.79 Å². The van der Waals surface area contributed by atoms with E-state index in [4.69, 9.17) is 5.26 Å². The normalized spacial score (nSPS) is 18.4. The van der Waals surface area contributed by atoms with Crippen molar-refractivity contribution in [2.24, 2.45) is 0 Å². The Bertz CT molecular complexity index is 781. The largest absolute Gasteiger partial charge is 0.334 e. The van der Waals surface area contributed by atoms with Crippen LogP contribution in [0, 0.1) is 11.3 Å². The van der Waals surface area contributed by atoms with Gasteiger partial charge in [-0.2, -0.15) is 5.26 Å². The van der Waals surface area contributed by atoms with Gasteiger partial charge in [-0.3, -0.25) is 9.69 Å². The molecule has 0 aliphatic carbocycles. The monoisotopic (exact) mass is 347 g/mol. The number of nitrogens with zero attached hydrogens (tertiary/aromatic N) is 3. The molecule has 1 saturated heterocycles. The summed E-state index contributed by atoms with van der Waals surface area (Å²) in [6, 6.07) is 20.4. The van der Waals surface area contributed by atoms with Gasteiger partial charge in [0.05, 0.1) is 11.6 Å². The van der Waals surface area contributed by atoms with Crippen molar-refractivity contribution in [2.75, 3.05) is 13.1 Å².